The fourth-order valence-corrected chi connectivity index (χ4v) is 2.12. The van der Waals surface area contributed by atoms with E-state index in [9.17, 15) is 4.79 Å². The van der Waals surface area contributed by atoms with Gasteiger partial charge in [0.25, 0.3) is 0 Å². The van der Waals surface area contributed by atoms with E-state index in [-0.39, 0.29) is 5.69 Å². The molecule has 0 fully saturated rings. The molecule has 2 aromatic rings. The van der Waals surface area contributed by atoms with Crippen LogP contribution in [0, 0.1) is 0 Å². The van der Waals surface area contributed by atoms with Gasteiger partial charge in [-0.15, -0.1) is 11.3 Å². The van der Waals surface area contributed by atoms with Crippen LogP contribution in [-0.2, 0) is 0 Å². The Morgan fingerprint density at radius 2 is 2.12 bits per heavy atom. The maximum Gasteiger partial charge on any atom is 0.355 e. The predicted octanol–water partition coefficient (Wildman–Crippen LogP) is 3.67. The smallest absolute Gasteiger partial charge is 0.355 e. The lowest BCUT2D eigenvalue weighted by molar-refractivity contribution is 0.0691. The van der Waals surface area contributed by atoms with Crippen LogP contribution in [-0.4, -0.2) is 16.1 Å². The second-order valence-corrected chi connectivity index (χ2v) is 4.53. The summed E-state index contributed by atoms with van der Waals surface area (Å²) in [6, 6.07) is 7.41. The molecule has 0 radical (unpaired) electrons. The number of nitrogens with zero attached hydrogens (tertiary/aromatic N) is 1. The molecule has 0 unspecified atom stereocenters. The van der Waals surface area contributed by atoms with Crippen LogP contribution in [0.25, 0.3) is 12.2 Å². The van der Waals surface area contributed by atoms with Gasteiger partial charge >= 0.3 is 5.97 Å². The SMILES string of the molecule is O=C(O)c1csc(C=Cc2ccccc2Cl)n1. The van der Waals surface area contributed by atoms with E-state index in [2.05, 4.69) is 4.98 Å². The predicted molar refractivity (Wildman–Crippen MR) is 69.5 cm³/mol. The van der Waals surface area contributed by atoms with Crippen LogP contribution in [0.2, 0.25) is 5.02 Å². The molecular weight excluding hydrogens is 258 g/mol. The number of carboxylic acids is 1. The Morgan fingerprint density at radius 1 is 1.35 bits per heavy atom. The Kier molecular flexibility index (Phi) is 3.56. The molecule has 0 saturated carbocycles. The van der Waals surface area contributed by atoms with Crippen molar-refractivity contribution in [3.05, 3.63) is 50.9 Å². The Hall–Kier alpha value is -1.65. The number of rotatable bonds is 3. The zero-order valence-electron chi connectivity index (χ0n) is 8.63. The number of carboxylic acid groups (broad SMARTS) is 1. The highest BCUT2D eigenvalue weighted by atomic mass is 35.5. The van der Waals surface area contributed by atoms with E-state index in [1.165, 1.54) is 16.7 Å². The van der Waals surface area contributed by atoms with Crippen molar-refractivity contribution in [1.82, 2.24) is 4.98 Å². The highest BCUT2D eigenvalue weighted by molar-refractivity contribution is 7.10. The van der Waals surface area contributed by atoms with Gasteiger partial charge in [0.1, 0.15) is 5.01 Å². The summed E-state index contributed by atoms with van der Waals surface area (Å²) in [7, 11) is 0. The third kappa shape index (κ3) is 2.93. The minimum Gasteiger partial charge on any atom is -0.476 e. The van der Waals surface area contributed by atoms with Gasteiger partial charge in [-0.05, 0) is 17.7 Å². The van der Waals surface area contributed by atoms with E-state index in [0.29, 0.717) is 10.0 Å². The van der Waals surface area contributed by atoms with Gasteiger partial charge < -0.3 is 5.11 Å². The van der Waals surface area contributed by atoms with Gasteiger partial charge in [0, 0.05) is 10.4 Å². The van der Waals surface area contributed by atoms with Gasteiger partial charge in [0.2, 0.25) is 0 Å². The van der Waals surface area contributed by atoms with Gasteiger partial charge in [-0.25, -0.2) is 9.78 Å². The van der Waals surface area contributed by atoms with Crippen molar-refractivity contribution in [2.75, 3.05) is 0 Å². The summed E-state index contributed by atoms with van der Waals surface area (Å²) in [4.78, 5) is 14.6. The summed E-state index contributed by atoms with van der Waals surface area (Å²) in [5, 5.41) is 11.5. The van der Waals surface area contributed by atoms with Gasteiger partial charge in [0.15, 0.2) is 5.69 Å². The molecule has 0 amide bonds. The van der Waals surface area contributed by atoms with Crippen molar-refractivity contribution in [2.24, 2.45) is 0 Å². The van der Waals surface area contributed by atoms with Gasteiger partial charge in [-0.2, -0.15) is 0 Å². The first-order valence-electron chi connectivity index (χ1n) is 4.78. The van der Waals surface area contributed by atoms with E-state index >= 15 is 0 Å². The summed E-state index contributed by atoms with van der Waals surface area (Å²) in [6.45, 7) is 0. The number of aromatic carboxylic acids is 1. The van der Waals surface area contributed by atoms with Gasteiger partial charge in [-0.3, -0.25) is 0 Å². The molecule has 0 aliphatic rings. The average Bonchev–Trinajstić information content (AvgIpc) is 2.77. The number of hydrogen-bond acceptors (Lipinski definition) is 3. The lowest BCUT2D eigenvalue weighted by atomic mass is 10.2. The van der Waals surface area contributed by atoms with Gasteiger partial charge in [0.05, 0.1) is 0 Å². The molecule has 0 aliphatic carbocycles. The van der Waals surface area contributed by atoms with Gasteiger partial charge in [-0.1, -0.05) is 35.9 Å². The van der Waals surface area contributed by atoms with E-state index in [0.717, 1.165) is 5.56 Å². The Bertz CT molecular complexity index is 577. The van der Waals surface area contributed by atoms with Crippen molar-refractivity contribution < 1.29 is 9.90 Å². The van der Waals surface area contributed by atoms with Crippen LogP contribution in [0.4, 0.5) is 0 Å². The van der Waals surface area contributed by atoms with Crippen LogP contribution in [0.5, 0.6) is 0 Å². The fourth-order valence-electron chi connectivity index (χ4n) is 1.23. The highest BCUT2D eigenvalue weighted by Gasteiger charge is 2.06. The van der Waals surface area contributed by atoms with E-state index < -0.39 is 5.97 Å². The first-order chi connectivity index (χ1) is 8.16. The molecule has 2 rings (SSSR count). The third-order valence-electron chi connectivity index (χ3n) is 2.05. The minimum atomic E-state index is -1.02. The molecule has 0 aliphatic heterocycles. The van der Waals surface area contributed by atoms with E-state index in [1.807, 2.05) is 24.3 Å². The summed E-state index contributed by atoms with van der Waals surface area (Å²) in [6.07, 6.45) is 3.56. The normalized spacial score (nSPS) is 10.9. The van der Waals surface area contributed by atoms with Crippen molar-refractivity contribution in [3.63, 3.8) is 0 Å². The maximum atomic E-state index is 10.6. The summed E-state index contributed by atoms with van der Waals surface area (Å²) >= 11 is 7.26. The molecule has 3 nitrogen and oxygen atoms in total. The summed E-state index contributed by atoms with van der Waals surface area (Å²) in [5.41, 5.74) is 0.940. The standard InChI is InChI=1S/C12H8ClNO2S/c13-9-4-2-1-3-8(9)5-6-11-14-10(7-17-11)12(15)16/h1-7H,(H,15,16). The molecule has 0 atom stereocenters. The first kappa shape index (κ1) is 11.8. The van der Waals surface area contributed by atoms with Crippen LogP contribution >= 0.6 is 22.9 Å². The molecular formula is C12H8ClNO2S. The maximum absolute atomic E-state index is 10.6. The first-order valence-corrected chi connectivity index (χ1v) is 6.04. The zero-order valence-corrected chi connectivity index (χ0v) is 10.2. The average molecular weight is 266 g/mol. The van der Waals surface area contributed by atoms with Crippen LogP contribution in [0.15, 0.2) is 29.6 Å². The number of hydrogen-bond donors (Lipinski definition) is 1. The lowest BCUT2D eigenvalue weighted by Crippen LogP contribution is -1.95. The third-order valence-corrected chi connectivity index (χ3v) is 3.21. The largest absolute Gasteiger partial charge is 0.476 e. The topological polar surface area (TPSA) is 50.2 Å². The number of benzene rings is 1. The number of thiazole rings is 1. The molecule has 17 heavy (non-hydrogen) atoms. The van der Waals surface area contributed by atoms with Crippen LogP contribution < -0.4 is 0 Å². The minimum absolute atomic E-state index is 0.0637. The monoisotopic (exact) mass is 265 g/mol. The van der Waals surface area contributed by atoms with Crippen molar-refractivity contribution in [3.8, 4) is 0 Å². The van der Waals surface area contributed by atoms with Crippen LogP contribution in [0.1, 0.15) is 21.1 Å². The molecule has 0 bridgehead atoms. The number of aromatic nitrogens is 1. The molecule has 1 aromatic carbocycles. The number of carbonyl (C=O) groups is 1. The second kappa shape index (κ2) is 5.12. The quantitative estimate of drug-likeness (QED) is 0.921. The van der Waals surface area contributed by atoms with Crippen LogP contribution in [0.3, 0.4) is 0 Å². The Balaban J connectivity index is 2.20. The van der Waals surface area contributed by atoms with E-state index in [1.54, 1.807) is 12.1 Å². The zero-order chi connectivity index (χ0) is 12.3. The fraction of sp³-hybridized carbons (Fsp3) is 0. The van der Waals surface area contributed by atoms with Crippen molar-refractivity contribution >= 4 is 41.1 Å². The van der Waals surface area contributed by atoms with E-state index in [4.69, 9.17) is 16.7 Å². The molecule has 0 spiro atoms. The second-order valence-electron chi connectivity index (χ2n) is 3.23. The van der Waals surface area contributed by atoms with Crippen molar-refractivity contribution in [2.45, 2.75) is 0 Å². The number of halogens is 1. The van der Waals surface area contributed by atoms with Crippen molar-refractivity contribution in [1.29, 1.82) is 0 Å². The molecule has 86 valence electrons. The molecule has 0 saturated heterocycles. The lowest BCUT2D eigenvalue weighted by Gasteiger charge is -1.95. The molecule has 1 aromatic heterocycles. The summed E-state index contributed by atoms with van der Waals surface area (Å²) < 4.78 is 0. The Labute approximate surface area is 107 Å². The highest BCUT2D eigenvalue weighted by Crippen LogP contribution is 2.19. The molecule has 1 heterocycles. The Morgan fingerprint density at radius 3 is 2.76 bits per heavy atom. The summed E-state index contributed by atoms with van der Waals surface area (Å²) in [5.74, 6) is -1.02. The molecule has 1 N–H and O–H groups in total. The molecule has 5 heteroatoms.